The Morgan fingerprint density at radius 1 is 1.10 bits per heavy atom. The second-order valence-electron chi connectivity index (χ2n) is 8.57. The summed E-state index contributed by atoms with van der Waals surface area (Å²) in [6, 6.07) is 23.8. The molecule has 0 fully saturated rings. The predicted molar refractivity (Wildman–Crippen MR) is 159 cm³/mol. The number of halogens is 1. The zero-order valence-corrected chi connectivity index (χ0v) is 23.4. The molecule has 0 aliphatic carbocycles. The fourth-order valence-corrected chi connectivity index (χ4v) is 4.79. The number of anilines is 1. The molecule has 0 aliphatic rings. The summed E-state index contributed by atoms with van der Waals surface area (Å²) in [6.45, 7) is 4.30. The van der Waals surface area contributed by atoms with Crippen LogP contribution in [0.25, 0.3) is 16.8 Å². The normalized spacial score (nSPS) is 11.1. The number of rotatable bonds is 9. The first-order valence-corrected chi connectivity index (χ1v) is 13.1. The molecular formula is C30H24IN3O5. The van der Waals surface area contributed by atoms with Crippen LogP contribution in [0.4, 0.5) is 11.4 Å². The van der Waals surface area contributed by atoms with E-state index in [2.05, 4.69) is 46.1 Å². The van der Waals surface area contributed by atoms with Gasteiger partial charge in [0.2, 0.25) is 0 Å². The van der Waals surface area contributed by atoms with Crippen molar-refractivity contribution in [3.63, 3.8) is 0 Å². The number of nitro groups is 1. The summed E-state index contributed by atoms with van der Waals surface area (Å²) < 4.78 is 12.8. The number of carbonyl (C=O) groups is 1. The van der Waals surface area contributed by atoms with E-state index < -0.39 is 10.8 Å². The van der Waals surface area contributed by atoms with Crippen LogP contribution in [0.3, 0.4) is 0 Å². The second kappa shape index (κ2) is 12.4. The number of benzene rings is 4. The standard InChI is InChI=1S/C30H24IN3O5/c1-3-38-28-15-20(13-23(17-32)30(35)33-27-16-24(34(36)37)12-11-19(27)2)14-26(31)29(28)39-18-22-9-6-8-21-7-4-5-10-25(21)22/h4-16H,3,18H2,1-2H3,(H,33,35)/b23-13+. The largest absolute Gasteiger partial charge is 0.490 e. The number of carbonyl (C=O) groups excluding carboxylic acids is 1. The lowest BCUT2D eigenvalue weighted by atomic mass is 10.1. The van der Waals surface area contributed by atoms with Gasteiger partial charge >= 0.3 is 0 Å². The Bertz CT molecular complexity index is 1640. The zero-order chi connectivity index (χ0) is 27.9. The maximum atomic E-state index is 12.9. The van der Waals surface area contributed by atoms with Gasteiger partial charge in [0.1, 0.15) is 18.2 Å². The average molecular weight is 633 g/mol. The minimum absolute atomic E-state index is 0.159. The third kappa shape index (κ3) is 6.53. The highest BCUT2D eigenvalue weighted by Crippen LogP contribution is 2.36. The number of nitrogens with one attached hydrogen (secondary N) is 1. The first-order chi connectivity index (χ1) is 18.8. The van der Waals surface area contributed by atoms with Gasteiger partial charge in [0.05, 0.1) is 20.8 Å². The summed E-state index contributed by atoms with van der Waals surface area (Å²) in [6.07, 6.45) is 1.45. The Labute approximate surface area is 239 Å². The van der Waals surface area contributed by atoms with Gasteiger partial charge in [-0.05, 0) is 82.1 Å². The van der Waals surface area contributed by atoms with Crippen molar-refractivity contribution in [2.45, 2.75) is 20.5 Å². The summed E-state index contributed by atoms with van der Waals surface area (Å²) in [5.74, 6) is 0.381. The second-order valence-corrected chi connectivity index (χ2v) is 9.73. The van der Waals surface area contributed by atoms with Crippen LogP contribution in [0.15, 0.2) is 78.4 Å². The Balaban J connectivity index is 1.60. The molecule has 1 N–H and O–H groups in total. The van der Waals surface area contributed by atoms with Gasteiger partial charge in [0, 0.05) is 12.1 Å². The monoisotopic (exact) mass is 633 g/mol. The molecule has 1 amide bonds. The van der Waals surface area contributed by atoms with Crippen molar-refractivity contribution in [3.8, 4) is 17.6 Å². The summed E-state index contributed by atoms with van der Waals surface area (Å²) >= 11 is 2.14. The van der Waals surface area contributed by atoms with Crippen molar-refractivity contribution in [2.75, 3.05) is 11.9 Å². The number of aryl methyl sites for hydroxylation is 1. The van der Waals surface area contributed by atoms with E-state index in [-0.39, 0.29) is 16.9 Å². The van der Waals surface area contributed by atoms with Crippen LogP contribution < -0.4 is 14.8 Å². The van der Waals surface area contributed by atoms with Crippen molar-refractivity contribution in [1.29, 1.82) is 5.26 Å². The van der Waals surface area contributed by atoms with Crippen LogP contribution in [-0.4, -0.2) is 17.4 Å². The van der Waals surface area contributed by atoms with Crippen molar-refractivity contribution in [2.24, 2.45) is 0 Å². The Hall–Kier alpha value is -4.43. The average Bonchev–Trinajstić information content (AvgIpc) is 2.92. The number of fused-ring (bicyclic) bond motifs is 1. The molecule has 0 spiro atoms. The predicted octanol–water partition coefficient (Wildman–Crippen LogP) is 7.18. The molecule has 0 radical (unpaired) electrons. The summed E-state index contributed by atoms with van der Waals surface area (Å²) in [7, 11) is 0. The molecule has 0 unspecified atom stereocenters. The van der Waals surface area contributed by atoms with E-state index in [4.69, 9.17) is 9.47 Å². The fourth-order valence-electron chi connectivity index (χ4n) is 4.01. The SMILES string of the molecule is CCOc1cc(/C=C(\C#N)C(=O)Nc2cc([N+](=O)[O-])ccc2C)cc(I)c1OCc1cccc2ccccc12. The highest BCUT2D eigenvalue weighted by atomic mass is 127. The highest BCUT2D eigenvalue weighted by molar-refractivity contribution is 14.1. The van der Waals surface area contributed by atoms with E-state index in [0.717, 1.165) is 19.9 Å². The quantitative estimate of drug-likeness (QED) is 0.0687. The molecule has 0 aromatic heterocycles. The summed E-state index contributed by atoms with van der Waals surface area (Å²) in [5, 5.41) is 25.7. The van der Waals surface area contributed by atoms with Crippen molar-refractivity contribution < 1.29 is 19.2 Å². The van der Waals surface area contributed by atoms with Crippen LogP contribution >= 0.6 is 22.6 Å². The van der Waals surface area contributed by atoms with Crippen molar-refractivity contribution in [3.05, 3.63) is 109 Å². The molecule has 8 nitrogen and oxygen atoms in total. The van der Waals surface area contributed by atoms with E-state index >= 15 is 0 Å². The molecule has 196 valence electrons. The number of hydrogen-bond donors (Lipinski definition) is 1. The van der Waals surface area contributed by atoms with Crippen molar-refractivity contribution >= 4 is 56.7 Å². The number of nitrogens with zero attached hydrogens (tertiary/aromatic N) is 2. The topological polar surface area (TPSA) is 114 Å². The fraction of sp³-hybridized carbons (Fsp3) is 0.133. The minimum atomic E-state index is -0.676. The molecule has 4 rings (SSSR count). The lowest BCUT2D eigenvalue weighted by Gasteiger charge is -2.16. The van der Waals surface area contributed by atoms with Crippen LogP contribution in [0.1, 0.15) is 23.6 Å². The van der Waals surface area contributed by atoms with Crippen molar-refractivity contribution in [1.82, 2.24) is 0 Å². The van der Waals surface area contributed by atoms with E-state index in [1.165, 1.54) is 24.3 Å². The van der Waals surface area contributed by atoms with E-state index in [1.54, 1.807) is 19.1 Å². The number of nitro benzene ring substituents is 1. The minimum Gasteiger partial charge on any atom is -0.490 e. The van der Waals surface area contributed by atoms with Gasteiger partial charge in [-0.1, -0.05) is 48.5 Å². The van der Waals surface area contributed by atoms with Gasteiger partial charge in [-0.2, -0.15) is 5.26 Å². The lowest BCUT2D eigenvalue weighted by Crippen LogP contribution is -2.14. The lowest BCUT2D eigenvalue weighted by molar-refractivity contribution is -0.384. The molecular weight excluding hydrogens is 609 g/mol. The molecule has 4 aromatic carbocycles. The Morgan fingerprint density at radius 2 is 1.87 bits per heavy atom. The molecule has 4 aromatic rings. The van der Waals surface area contributed by atoms with Crippen LogP contribution in [0.2, 0.25) is 0 Å². The number of ether oxygens (including phenoxy) is 2. The molecule has 39 heavy (non-hydrogen) atoms. The molecule has 0 saturated carbocycles. The number of amides is 1. The smallest absolute Gasteiger partial charge is 0.271 e. The van der Waals surface area contributed by atoms with Gasteiger partial charge in [-0.25, -0.2) is 0 Å². The molecule has 0 saturated heterocycles. The molecule has 0 bridgehead atoms. The molecule has 0 aliphatic heterocycles. The maximum Gasteiger partial charge on any atom is 0.271 e. The molecule has 0 atom stereocenters. The first-order valence-electron chi connectivity index (χ1n) is 12.0. The molecule has 9 heteroatoms. The van der Waals surface area contributed by atoms with Gasteiger partial charge in [0.25, 0.3) is 11.6 Å². The van der Waals surface area contributed by atoms with Gasteiger partial charge in [-0.15, -0.1) is 0 Å². The van der Waals surface area contributed by atoms with E-state index in [0.29, 0.717) is 35.8 Å². The maximum absolute atomic E-state index is 12.9. The van der Waals surface area contributed by atoms with Crippen LogP contribution in [0, 0.1) is 31.9 Å². The number of hydrogen-bond acceptors (Lipinski definition) is 6. The first kappa shape index (κ1) is 27.6. The number of non-ortho nitro benzene ring substituents is 1. The van der Waals surface area contributed by atoms with Crippen LogP contribution in [0.5, 0.6) is 11.5 Å². The van der Waals surface area contributed by atoms with E-state index in [1.807, 2.05) is 37.3 Å². The molecule has 0 heterocycles. The summed E-state index contributed by atoms with van der Waals surface area (Å²) in [5.41, 5.74) is 2.18. The number of nitriles is 1. The highest BCUT2D eigenvalue weighted by Gasteiger charge is 2.17. The third-order valence-corrected chi connectivity index (χ3v) is 6.74. The van der Waals surface area contributed by atoms with Gasteiger partial charge in [-0.3, -0.25) is 14.9 Å². The van der Waals surface area contributed by atoms with Gasteiger partial charge in [0.15, 0.2) is 11.5 Å². The van der Waals surface area contributed by atoms with Crippen LogP contribution in [-0.2, 0) is 11.4 Å². The zero-order valence-electron chi connectivity index (χ0n) is 21.2. The Kier molecular flexibility index (Phi) is 8.78. The van der Waals surface area contributed by atoms with E-state index in [9.17, 15) is 20.2 Å². The Morgan fingerprint density at radius 3 is 2.62 bits per heavy atom. The van der Waals surface area contributed by atoms with Gasteiger partial charge < -0.3 is 14.8 Å². The third-order valence-electron chi connectivity index (χ3n) is 5.94. The summed E-state index contributed by atoms with van der Waals surface area (Å²) in [4.78, 5) is 23.5.